The molecule has 114 valence electrons. The van der Waals surface area contributed by atoms with Crippen LogP contribution in [-0.4, -0.2) is 24.0 Å². The number of H-pyrrole nitrogens is 1. The summed E-state index contributed by atoms with van der Waals surface area (Å²) in [5.74, 6) is 1.44. The van der Waals surface area contributed by atoms with Crippen LogP contribution in [0.3, 0.4) is 0 Å². The average Bonchev–Trinajstić information content (AvgIpc) is 3.27. The number of nitrogens with one attached hydrogen (secondary N) is 2. The molecule has 2 N–H and O–H groups in total. The van der Waals surface area contributed by atoms with Crippen LogP contribution in [0.4, 0.5) is 0 Å². The molecular formula is C16H22N2O3. The van der Waals surface area contributed by atoms with Gasteiger partial charge < -0.3 is 15.0 Å². The first kappa shape index (κ1) is 14.2. The Labute approximate surface area is 124 Å². The monoisotopic (exact) mass is 290 g/mol. The van der Waals surface area contributed by atoms with Gasteiger partial charge in [-0.2, -0.15) is 0 Å². The smallest absolute Gasteiger partial charge is 0.268 e. The minimum absolute atomic E-state index is 0.196. The van der Waals surface area contributed by atoms with E-state index >= 15 is 0 Å². The molecule has 0 bridgehead atoms. The first-order chi connectivity index (χ1) is 10.2. The summed E-state index contributed by atoms with van der Waals surface area (Å²) in [5.41, 5.74) is 0.0242. The number of ether oxygens (including phenoxy) is 1. The van der Waals surface area contributed by atoms with Crippen LogP contribution in [0.15, 0.2) is 17.1 Å². The Morgan fingerprint density at radius 3 is 2.76 bits per heavy atom. The van der Waals surface area contributed by atoms with Gasteiger partial charge in [0.05, 0.1) is 7.11 Å². The predicted molar refractivity (Wildman–Crippen MR) is 79.6 cm³/mol. The molecule has 2 fully saturated rings. The number of aromatic nitrogens is 1. The zero-order valence-corrected chi connectivity index (χ0v) is 12.4. The molecule has 3 rings (SSSR count). The van der Waals surface area contributed by atoms with E-state index in [0.717, 1.165) is 12.3 Å². The second-order valence-electron chi connectivity index (χ2n) is 6.16. The van der Waals surface area contributed by atoms with Crippen molar-refractivity contribution in [3.8, 4) is 5.75 Å². The van der Waals surface area contributed by atoms with Gasteiger partial charge in [0, 0.05) is 18.3 Å². The van der Waals surface area contributed by atoms with E-state index in [1.165, 1.54) is 51.5 Å². The largest absolute Gasteiger partial charge is 0.491 e. The molecule has 0 aliphatic heterocycles. The third kappa shape index (κ3) is 3.12. The molecule has 0 saturated heterocycles. The van der Waals surface area contributed by atoms with Crippen molar-refractivity contribution in [2.75, 3.05) is 7.11 Å². The standard InChI is InChI=1S/C16H22N2O3/c1-21-15-9-17-13(8-14(15)19)16(20)18-12-7-11(12)10-5-3-2-4-6-10/h8-12H,2-7H2,1H3,(H,17,19)(H,18,20)/t11-,12+/m0/s1. The molecule has 0 spiro atoms. The van der Waals surface area contributed by atoms with Crippen molar-refractivity contribution >= 4 is 5.91 Å². The average molecular weight is 290 g/mol. The summed E-state index contributed by atoms with van der Waals surface area (Å²) >= 11 is 0. The Bertz CT molecular complexity index is 575. The summed E-state index contributed by atoms with van der Waals surface area (Å²) in [7, 11) is 1.43. The molecule has 2 atom stereocenters. The Balaban J connectivity index is 1.57. The molecule has 1 amide bonds. The summed E-state index contributed by atoms with van der Waals surface area (Å²) in [6.07, 6.45) is 9.13. The number of methoxy groups -OCH3 is 1. The third-order valence-corrected chi connectivity index (χ3v) is 4.75. The number of aromatic amines is 1. The van der Waals surface area contributed by atoms with Gasteiger partial charge in [-0.3, -0.25) is 9.59 Å². The van der Waals surface area contributed by atoms with Crippen LogP contribution in [-0.2, 0) is 0 Å². The fourth-order valence-electron chi connectivity index (χ4n) is 3.46. The third-order valence-electron chi connectivity index (χ3n) is 4.75. The minimum atomic E-state index is -0.277. The van der Waals surface area contributed by atoms with Gasteiger partial charge in [0.1, 0.15) is 5.69 Å². The molecule has 0 unspecified atom stereocenters. The van der Waals surface area contributed by atoms with E-state index in [1.807, 2.05) is 0 Å². The molecule has 5 nitrogen and oxygen atoms in total. The van der Waals surface area contributed by atoms with Crippen LogP contribution < -0.4 is 15.5 Å². The fourth-order valence-corrected chi connectivity index (χ4v) is 3.46. The molecule has 1 heterocycles. The van der Waals surface area contributed by atoms with Crippen LogP contribution in [0, 0.1) is 11.8 Å². The molecule has 2 aliphatic carbocycles. The number of hydrogen-bond donors (Lipinski definition) is 2. The highest BCUT2D eigenvalue weighted by Crippen LogP contribution is 2.44. The van der Waals surface area contributed by atoms with Crippen LogP contribution in [0.5, 0.6) is 5.75 Å². The van der Waals surface area contributed by atoms with Crippen LogP contribution >= 0.6 is 0 Å². The van der Waals surface area contributed by atoms with Crippen molar-refractivity contribution in [3.63, 3.8) is 0 Å². The molecule has 21 heavy (non-hydrogen) atoms. The second kappa shape index (κ2) is 5.92. The number of carbonyl (C=O) groups is 1. The van der Waals surface area contributed by atoms with Gasteiger partial charge in [-0.1, -0.05) is 32.1 Å². The van der Waals surface area contributed by atoms with E-state index in [2.05, 4.69) is 10.3 Å². The number of amides is 1. The van der Waals surface area contributed by atoms with E-state index in [1.54, 1.807) is 0 Å². The Morgan fingerprint density at radius 2 is 2.10 bits per heavy atom. The Kier molecular flexibility index (Phi) is 3.99. The van der Waals surface area contributed by atoms with Crippen LogP contribution in [0.1, 0.15) is 49.0 Å². The van der Waals surface area contributed by atoms with Crippen molar-refractivity contribution in [1.29, 1.82) is 0 Å². The van der Waals surface area contributed by atoms with Gasteiger partial charge in [0.25, 0.3) is 5.91 Å². The SMILES string of the molecule is COc1c[nH]c(C(=O)N[C@@H]2C[C@H]2C2CCCCC2)cc1=O. The van der Waals surface area contributed by atoms with Crippen molar-refractivity contribution in [3.05, 3.63) is 28.2 Å². The summed E-state index contributed by atoms with van der Waals surface area (Å²) in [6.45, 7) is 0. The van der Waals surface area contributed by atoms with Gasteiger partial charge in [0.2, 0.25) is 5.43 Å². The summed E-state index contributed by atoms with van der Waals surface area (Å²) in [4.78, 5) is 26.6. The lowest BCUT2D eigenvalue weighted by atomic mass is 9.85. The molecular weight excluding hydrogens is 268 g/mol. The first-order valence-electron chi connectivity index (χ1n) is 7.76. The van der Waals surface area contributed by atoms with Gasteiger partial charge >= 0.3 is 0 Å². The van der Waals surface area contributed by atoms with Crippen molar-refractivity contribution in [2.45, 2.75) is 44.6 Å². The molecule has 2 saturated carbocycles. The number of pyridine rings is 1. The molecule has 5 heteroatoms. The molecule has 0 radical (unpaired) electrons. The van der Waals surface area contributed by atoms with Crippen molar-refractivity contribution < 1.29 is 9.53 Å². The zero-order valence-electron chi connectivity index (χ0n) is 12.4. The van der Waals surface area contributed by atoms with E-state index in [-0.39, 0.29) is 23.1 Å². The maximum atomic E-state index is 12.2. The Morgan fingerprint density at radius 1 is 1.33 bits per heavy atom. The number of carbonyl (C=O) groups excluding carboxylic acids is 1. The van der Waals surface area contributed by atoms with Gasteiger partial charge in [0.15, 0.2) is 5.75 Å². The fraction of sp³-hybridized carbons (Fsp3) is 0.625. The highest BCUT2D eigenvalue weighted by molar-refractivity contribution is 5.92. The lowest BCUT2D eigenvalue weighted by Crippen LogP contribution is -2.30. The summed E-state index contributed by atoms with van der Waals surface area (Å²) in [6, 6.07) is 1.58. The zero-order chi connectivity index (χ0) is 14.8. The van der Waals surface area contributed by atoms with Crippen LogP contribution in [0.2, 0.25) is 0 Å². The van der Waals surface area contributed by atoms with Crippen LogP contribution in [0.25, 0.3) is 0 Å². The summed E-state index contributed by atoms with van der Waals surface area (Å²) in [5, 5.41) is 3.03. The molecule has 2 aliphatic rings. The van der Waals surface area contributed by atoms with E-state index in [4.69, 9.17) is 4.74 Å². The molecule has 0 aromatic carbocycles. The summed E-state index contributed by atoms with van der Waals surface area (Å²) < 4.78 is 4.89. The van der Waals surface area contributed by atoms with Crippen molar-refractivity contribution in [1.82, 2.24) is 10.3 Å². The maximum Gasteiger partial charge on any atom is 0.268 e. The number of rotatable bonds is 4. The normalized spacial score (nSPS) is 25.4. The lowest BCUT2D eigenvalue weighted by Gasteiger charge is -2.21. The molecule has 1 aromatic rings. The second-order valence-corrected chi connectivity index (χ2v) is 6.16. The van der Waals surface area contributed by atoms with E-state index in [0.29, 0.717) is 11.6 Å². The first-order valence-corrected chi connectivity index (χ1v) is 7.76. The van der Waals surface area contributed by atoms with E-state index in [9.17, 15) is 9.59 Å². The van der Waals surface area contributed by atoms with E-state index < -0.39 is 0 Å². The highest BCUT2D eigenvalue weighted by Gasteiger charge is 2.43. The van der Waals surface area contributed by atoms with Crippen molar-refractivity contribution in [2.24, 2.45) is 11.8 Å². The molecule has 1 aromatic heterocycles. The minimum Gasteiger partial charge on any atom is -0.491 e. The van der Waals surface area contributed by atoms with Gasteiger partial charge in [-0.05, 0) is 18.3 Å². The number of hydrogen-bond acceptors (Lipinski definition) is 3. The Hall–Kier alpha value is -1.78. The highest BCUT2D eigenvalue weighted by atomic mass is 16.5. The lowest BCUT2D eigenvalue weighted by molar-refractivity contribution is 0.0941. The van der Waals surface area contributed by atoms with Gasteiger partial charge in [-0.15, -0.1) is 0 Å². The predicted octanol–water partition coefficient (Wildman–Crippen LogP) is 2.08. The quantitative estimate of drug-likeness (QED) is 0.892. The topological polar surface area (TPSA) is 71.2 Å². The maximum absolute atomic E-state index is 12.2. The van der Waals surface area contributed by atoms with Gasteiger partial charge in [-0.25, -0.2) is 0 Å².